The van der Waals surface area contributed by atoms with Crippen LogP contribution in [0.4, 0.5) is 11.4 Å². The van der Waals surface area contributed by atoms with Crippen molar-refractivity contribution in [2.75, 3.05) is 11.5 Å². The molecule has 0 aromatic heterocycles. The maximum atomic E-state index is 5.94. The molecule has 0 saturated carbocycles. The fourth-order valence-corrected chi connectivity index (χ4v) is 8.81. The van der Waals surface area contributed by atoms with Gasteiger partial charge in [0.25, 0.3) is 0 Å². The lowest BCUT2D eigenvalue weighted by Gasteiger charge is -2.13. The predicted octanol–water partition coefficient (Wildman–Crippen LogP) is 16.3. The summed E-state index contributed by atoms with van der Waals surface area (Å²) >= 11 is 0. The van der Waals surface area contributed by atoms with Gasteiger partial charge in [0, 0.05) is 11.4 Å². The van der Waals surface area contributed by atoms with Crippen LogP contribution in [0.2, 0.25) is 0 Å². The van der Waals surface area contributed by atoms with Crippen molar-refractivity contribution in [3.63, 3.8) is 0 Å². The quantitative estimate of drug-likeness (QED) is 0.0373. The lowest BCUT2D eigenvalue weighted by molar-refractivity contribution is 0.528. The van der Waals surface area contributed by atoms with Crippen LogP contribution in [-0.4, -0.2) is 0 Å². The number of aryl methyl sites for hydroxylation is 4. The highest BCUT2D eigenvalue weighted by atomic mass is 14.5. The average Bonchev–Trinajstić information content (AvgIpc) is 3.23. The average molecular weight is 785 g/mol. The molecule has 0 fully saturated rings. The molecule has 0 bridgehead atoms. The Morgan fingerprint density at radius 3 is 0.879 bits per heavy atom. The second-order valence-corrected chi connectivity index (χ2v) is 17.8. The van der Waals surface area contributed by atoms with Crippen LogP contribution in [0.5, 0.6) is 0 Å². The molecule has 2 nitrogen and oxygen atoms in total. The second kappa shape index (κ2) is 29.7. The van der Waals surface area contributed by atoms with E-state index < -0.39 is 0 Å². The molecule has 0 saturated heterocycles. The van der Waals surface area contributed by atoms with Gasteiger partial charge in [-0.15, -0.1) is 0 Å². The van der Waals surface area contributed by atoms with Crippen molar-refractivity contribution in [3.05, 3.63) is 129 Å². The van der Waals surface area contributed by atoms with E-state index in [0.717, 1.165) is 24.2 Å². The third kappa shape index (κ3) is 20.0. The van der Waals surface area contributed by atoms with Gasteiger partial charge in [0.15, 0.2) is 0 Å². The van der Waals surface area contributed by atoms with E-state index in [-0.39, 0.29) is 0 Å². The number of anilines is 2. The van der Waals surface area contributed by atoms with Crippen LogP contribution >= 0.6 is 0 Å². The van der Waals surface area contributed by atoms with E-state index in [2.05, 4.69) is 74.5 Å². The molecule has 0 aliphatic carbocycles. The minimum atomic E-state index is 0.847. The first-order chi connectivity index (χ1) is 28.5. The highest BCUT2D eigenvalue weighted by Crippen LogP contribution is 2.24. The third-order valence-electron chi connectivity index (χ3n) is 12.6. The summed E-state index contributed by atoms with van der Waals surface area (Å²) in [5.74, 6) is 0. The van der Waals surface area contributed by atoms with Crippen molar-refractivity contribution in [3.8, 4) is 0 Å². The third-order valence-corrected chi connectivity index (χ3v) is 12.6. The Bertz CT molecular complexity index is 1490. The smallest absolute Gasteiger partial charge is 0.0314 e. The highest BCUT2D eigenvalue weighted by molar-refractivity contribution is 5.43. The van der Waals surface area contributed by atoms with Gasteiger partial charge in [-0.3, -0.25) is 0 Å². The molecule has 0 aliphatic rings. The summed E-state index contributed by atoms with van der Waals surface area (Å²) in [4.78, 5) is 0. The van der Waals surface area contributed by atoms with E-state index in [9.17, 15) is 0 Å². The summed E-state index contributed by atoms with van der Waals surface area (Å²) < 4.78 is 0. The zero-order valence-electron chi connectivity index (χ0n) is 37.5. The second-order valence-electron chi connectivity index (χ2n) is 17.8. The molecule has 58 heavy (non-hydrogen) atoms. The molecule has 4 N–H and O–H groups in total. The van der Waals surface area contributed by atoms with Crippen molar-refractivity contribution in [2.45, 2.75) is 206 Å². The number of rotatable bonds is 33. The Labute approximate surface area is 357 Å². The molecular formula is C56H84N2. The largest absolute Gasteiger partial charge is 0.399 e. The number of nitrogen functional groups attached to an aromatic ring is 2. The molecule has 0 amide bonds. The number of hydrogen-bond donors (Lipinski definition) is 2. The first-order valence-corrected chi connectivity index (χ1v) is 24.4. The van der Waals surface area contributed by atoms with Crippen molar-refractivity contribution in [1.29, 1.82) is 0 Å². The lowest BCUT2D eigenvalue weighted by atomic mass is 9.92. The molecule has 4 rings (SSSR count). The first kappa shape index (κ1) is 47.2. The Hall–Kier alpha value is -3.52. The molecule has 0 unspecified atom stereocenters. The minimum Gasteiger partial charge on any atom is -0.399 e. The van der Waals surface area contributed by atoms with Crippen LogP contribution in [0.3, 0.4) is 0 Å². The Balaban J connectivity index is 0.982. The lowest BCUT2D eigenvalue weighted by Crippen LogP contribution is -1.99. The summed E-state index contributed by atoms with van der Waals surface area (Å²) in [6.45, 7) is 4.60. The molecule has 0 radical (unpaired) electrons. The summed E-state index contributed by atoms with van der Waals surface area (Å²) in [6.07, 6.45) is 40.0. The molecule has 318 valence electrons. The minimum absolute atomic E-state index is 0.847. The molecule has 0 spiro atoms. The zero-order chi connectivity index (χ0) is 40.9. The molecule has 0 aliphatic heterocycles. The summed E-state index contributed by atoms with van der Waals surface area (Å²) in [5, 5.41) is 0. The van der Waals surface area contributed by atoms with Crippen LogP contribution in [0.25, 0.3) is 0 Å². The standard InChI is InChI=1S/C56H84N2/c1-3-5-7-25-29-51-43-47(31-37-53(51)45-49-33-39-55(57)40-34-49)27-23-21-19-17-15-13-11-9-10-12-14-16-18-20-22-24-28-48-32-38-54(46-50-35-41-56(58)42-36-50)52(44-48)30-26-8-6-4-2/h31-44H,3-30,45-46,57-58H2,1-2H3. The van der Waals surface area contributed by atoms with Crippen molar-refractivity contribution >= 4 is 11.4 Å². The van der Waals surface area contributed by atoms with Gasteiger partial charge in [-0.05, 0) is 133 Å². The molecular weight excluding hydrogens is 701 g/mol. The van der Waals surface area contributed by atoms with E-state index in [1.165, 1.54) is 213 Å². The summed E-state index contributed by atoms with van der Waals surface area (Å²) in [5.41, 5.74) is 25.5. The van der Waals surface area contributed by atoms with Gasteiger partial charge in [0.1, 0.15) is 0 Å². The van der Waals surface area contributed by atoms with Gasteiger partial charge in [-0.1, -0.05) is 203 Å². The molecule has 4 aromatic carbocycles. The monoisotopic (exact) mass is 785 g/mol. The highest BCUT2D eigenvalue weighted by Gasteiger charge is 2.09. The van der Waals surface area contributed by atoms with E-state index in [1.54, 1.807) is 11.1 Å². The first-order valence-electron chi connectivity index (χ1n) is 24.4. The van der Waals surface area contributed by atoms with Crippen molar-refractivity contribution in [2.24, 2.45) is 0 Å². The van der Waals surface area contributed by atoms with Gasteiger partial charge in [-0.2, -0.15) is 0 Å². The van der Waals surface area contributed by atoms with Gasteiger partial charge in [0.05, 0.1) is 0 Å². The van der Waals surface area contributed by atoms with Crippen LogP contribution in [0.1, 0.15) is 212 Å². The fourth-order valence-electron chi connectivity index (χ4n) is 8.81. The van der Waals surface area contributed by atoms with Crippen LogP contribution in [-0.2, 0) is 38.5 Å². The van der Waals surface area contributed by atoms with E-state index >= 15 is 0 Å². The maximum Gasteiger partial charge on any atom is 0.0314 e. The number of hydrogen-bond acceptors (Lipinski definition) is 2. The van der Waals surface area contributed by atoms with Crippen LogP contribution in [0, 0.1) is 0 Å². The number of nitrogens with two attached hydrogens (primary N) is 2. The van der Waals surface area contributed by atoms with Crippen LogP contribution in [0.15, 0.2) is 84.9 Å². The van der Waals surface area contributed by atoms with E-state index in [4.69, 9.17) is 11.5 Å². The molecule has 4 aromatic rings. The SMILES string of the molecule is CCCCCCc1cc(CCCCCCCCCCCCCCCCCCc2ccc(Cc3ccc(N)cc3)c(CCCCCC)c2)ccc1Cc1ccc(N)cc1. The van der Waals surface area contributed by atoms with Gasteiger partial charge < -0.3 is 11.5 Å². The summed E-state index contributed by atoms with van der Waals surface area (Å²) in [7, 11) is 0. The van der Waals surface area contributed by atoms with Crippen LogP contribution < -0.4 is 11.5 Å². The van der Waals surface area contributed by atoms with Crippen molar-refractivity contribution < 1.29 is 0 Å². The normalized spacial score (nSPS) is 11.4. The number of unbranched alkanes of at least 4 members (excludes halogenated alkanes) is 21. The van der Waals surface area contributed by atoms with E-state index in [0.29, 0.717) is 0 Å². The van der Waals surface area contributed by atoms with Gasteiger partial charge >= 0.3 is 0 Å². The Kier molecular flexibility index (Phi) is 24.1. The molecule has 0 atom stereocenters. The predicted molar refractivity (Wildman–Crippen MR) is 257 cm³/mol. The Morgan fingerprint density at radius 1 is 0.276 bits per heavy atom. The fraction of sp³-hybridized carbons (Fsp3) is 0.571. The molecule has 2 heteroatoms. The number of benzene rings is 4. The topological polar surface area (TPSA) is 52.0 Å². The Morgan fingerprint density at radius 2 is 0.552 bits per heavy atom. The van der Waals surface area contributed by atoms with E-state index in [1.807, 2.05) is 24.3 Å². The van der Waals surface area contributed by atoms with Gasteiger partial charge in [-0.25, -0.2) is 0 Å². The summed E-state index contributed by atoms with van der Waals surface area (Å²) in [6, 6.07) is 31.6. The molecule has 0 heterocycles. The zero-order valence-corrected chi connectivity index (χ0v) is 37.5. The van der Waals surface area contributed by atoms with Crippen molar-refractivity contribution in [1.82, 2.24) is 0 Å². The maximum absolute atomic E-state index is 5.94. The van der Waals surface area contributed by atoms with Gasteiger partial charge in [0.2, 0.25) is 0 Å².